The summed E-state index contributed by atoms with van der Waals surface area (Å²) in [6.07, 6.45) is 13.6. The number of aromatic nitrogens is 2. The summed E-state index contributed by atoms with van der Waals surface area (Å²) in [6, 6.07) is 0. The van der Waals surface area contributed by atoms with Crippen LogP contribution in [-0.4, -0.2) is 72.3 Å². The molecule has 1 aromatic rings. The van der Waals surface area contributed by atoms with E-state index in [0.29, 0.717) is 19.0 Å². The van der Waals surface area contributed by atoms with E-state index in [4.69, 9.17) is 9.47 Å². The molecule has 0 aromatic carbocycles. The van der Waals surface area contributed by atoms with Crippen molar-refractivity contribution < 1.29 is 9.47 Å². The summed E-state index contributed by atoms with van der Waals surface area (Å²) in [5.41, 5.74) is 3.41. The Morgan fingerprint density at radius 3 is 2.83 bits per heavy atom. The van der Waals surface area contributed by atoms with Crippen LogP contribution in [0.3, 0.4) is 0 Å². The van der Waals surface area contributed by atoms with Crippen LogP contribution in [0.5, 0.6) is 0 Å². The molecule has 156 valence electrons. The van der Waals surface area contributed by atoms with Gasteiger partial charge in [-0.05, 0) is 38.8 Å². The third-order valence-electron chi connectivity index (χ3n) is 5.03. The minimum atomic E-state index is 0.0822. The molecule has 0 bridgehead atoms. The predicted octanol–water partition coefficient (Wildman–Crippen LogP) is 3.32. The molecular formula is C22H31N5O2. The van der Waals surface area contributed by atoms with E-state index in [1.165, 1.54) is 0 Å². The maximum absolute atomic E-state index is 5.84. The standard InChI is InChI=1S/C22H31N5O2/c1-4-7-18-20(8-6-13-29-22(3)9-10-22)25-26-21(18)19(5-2)24-16-23-17-27-11-14-28-15-12-27/h4-8,16H,2,9-15,17H2,1,3H3,(H,25,26)/b7-4-,8-6-,23-16-,24-19+. The first-order chi connectivity index (χ1) is 14.1. The molecule has 2 aliphatic rings. The molecule has 29 heavy (non-hydrogen) atoms. The highest BCUT2D eigenvalue weighted by atomic mass is 16.5. The smallest absolute Gasteiger partial charge is 0.118 e. The highest BCUT2D eigenvalue weighted by Crippen LogP contribution is 2.38. The van der Waals surface area contributed by atoms with E-state index in [2.05, 4.69) is 38.6 Å². The van der Waals surface area contributed by atoms with Crippen LogP contribution in [-0.2, 0) is 9.47 Å². The lowest BCUT2D eigenvalue weighted by molar-refractivity contribution is 0.0395. The zero-order valence-electron chi connectivity index (χ0n) is 17.4. The van der Waals surface area contributed by atoms with Crippen molar-refractivity contribution in [1.82, 2.24) is 15.1 Å². The van der Waals surface area contributed by atoms with Gasteiger partial charge in [0.15, 0.2) is 0 Å². The minimum absolute atomic E-state index is 0.0822. The summed E-state index contributed by atoms with van der Waals surface area (Å²) in [6.45, 7) is 12.6. The summed E-state index contributed by atoms with van der Waals surface area (Å²) >= 11 is 0. The van der Waals surface area contributed by atoms with Gasteiger partial charge in [0.1, 0.15) is 12.0 Å². The SMILES string of the molecule is C=C/C(=N\C=N/CN1CCOCC1)c1n[nH]c(/C=C\COC2(C)CC2)c1/C=C\C. The average molecular weight is 398 g/mol. The van der Waals surface area contributed by atoms with Gasteiger partial charge >= 0.3 is 0 Å². The summed E-state index contributed by atoms with van der Waals surface area (Å²) in [4.78, 5) is 11.1. The predicted molar refractivity (Wildman–Crippen MR) is 118 cm³/mol. The van der Waals surface area contributed by atoms with Gasteiger partial charge in [-0.3, -0.25) is 15.0 Å². The fraction of sp³-hybridized carbons (Fsp3) is 0.500. The Kier molecular flexibility index (Phi) is 7.69. The van der Waals surface area contributed by atoms with Crippen LogP contribution >= 0.6 is 0 Å². The number of hydrogen-bond acceptors (Lipinski definition) is 5. The van der Waals surface area contributed by atoms with Crippen LogP contribution in [0.15, 0.2) is 34.8 Å². The lowest BCUT2D eigenvalue weighted by atomic mass is 10.1. The zero-order chi connectivity index (χ0) is 20.5. The Hall–Kier alpha value is -2.35. The fourth-order valence-electron chi connectivity index (χ4n) is 2.97. The molecule has 1 aromatic heterocycles. The third kappa shape index (κ3) is 6.32. The van der Waals surface area contributed by atoms with Gasteiger partial charge in [-0.1, -0.05) is 24.8 Å². The second-order valence-corrected chi connectivity index (χ2v) is 7.45. The number of nitrogens with one attached hydrogen (secondary N) is 1. The van der Waals surface area contributed by atoms with Crippen LogP contribution < -0.4 is 0 Å². The molecule has 1 saturated heterocycles. The van der Waals surface area contributed by atoms with Gasteiger partial charge in [-0.2, -0.15) is 5.10 Å². The largest absolute Gasteiger partial charge is 0.379 e. The van der Waals surface area contributed by atoms with Crippen molar-refractivity contribution in [2.45, 2.75) is 32.3 Å². The lowest BCUT2D eigenvalue weighted by Gasteiger charge is -2.24. The second kappa shape index (κ2) is 10.4. The summed E-state index contributed by atoms with van der Waals surface area (Å²) < 4.78 is 11.2. The number of allylic oxidation sites excluding steroid dienone is 2. The maximum Gasteiger partial charge on any atom is 0.118 e. The highest BCUT2D eigenvalue weighted by molar-refractivity contribution is 6.12. The van der Waals surface area contributed by atoms with E-state index >= 15 is 0 Å². The molecule has 3 rings (SSSR count). The molecule has 0 spiro atoms. The van der Waals surface area contributed by atoms with Crippen LogP contribution in [0.1, 0.15) is 43.6 Å². The van der Waals surface area contributed by atoms with Gasteiger partial charge in [-0.25, -0.2) is 4.99 Å². The first kappa shape index (κ1) is 21.4. The quantitative estimate of drug-likeness (QED) is 0.485. The zero-order valence-corrected chi connectivity index (χ0v) is 17.4. The molecule has 2 fully saturated rings. The van der Waals surface area contributed by atoms with E-state index < -0.39 is 0 Å². The Morgan fingerprint density at radius 1 is 1.34 bits per heavy atom. The highest BCUT2D eigenvalue weighted by Gasteiger charge is 2.37. The Balaban J connectivity index is 1.66. The number of nitrogens with zero attached hydrogens (tertiary/aromatic N) is 4. The van der Waals surface area contributed by atoms with E-state index in [1.807, 2.05) is 31.2 Å². The molecule has 1 saturated carbocycles. The van der Waals surface area contributed by atoms with Crippen molar-refractivity contribution in [2.75, 3.05) is 39.6 Å². The molecule has 1 N–H and O–H groups in total. The van der Waals surface area contributed by atoms with Crippen molar-refractivity contribution in [3.8, 4) is 0 Å². The van der Waals surface area contributed by atoms with Crippen molar-refractivity contribution >= 4 is 24.2 Å². The topological polar surface area (TPSA) is 75.1 Å². The fourth-order valence-corrected chi connectivity index (χ4v) is 2.97. The molecule has 0 amide bonds. The molecular weight excluding hydrogens is 366 g/mol. The maximum atomic E-state index is 5.84. The van der Waals surface area contributed by atoms with Crippen molar-refractivity contribution in [2.24, 2.45) is 9.98 Å². The second-order valence-electron chi connectivity index (χ2n) is 7.45. The molecule has 0 atom stereocenters. The molecule has 7 nitrogen and oxygen atoms in total. The van der Waals surface area contributed by atoms with E-state index in [-0.39, 0.29) is 5.60 Å². The third-order valence-corrected chi connectivity index (χ3v) is 5.03. The van der Waals surface area contributed by atoms with Gasteiger partial charge in [0.25, 0.3) is 0 Å². The number of H-pyrrole nitrogens is 1. The van der Waals surface area contributed by atoms with E-state index in [9.17, 15) is 0 Å². The van der Waals surface area contributed by atoms with Gasteiger partial charge in [-0.15, -0.1) is 0 Å². The van der Waals surface area contributed by atoms with Gasteiger partial charge < -0.3 is 9.47 Å². The van der Waals surface area contributed by atoms with Crippen molar-refractivity contribution in [3.63, 3.8) is 0 Å². The first-order valence-electron chi connectivity index (χ1n) is 10.2. The number of aliphatic imine (C=N–C) groups is 2. The average Bonchev–Trinajstić information content (AvgIpc) is 3.35. The summed E-state index contributed by atoms with van der Waals surface area (Å²) in [5, 5.41) is 7.55. The molecule has 0 radical (unpaired) electrons. The molecule has 7 heteroatoms. The van der Waals surface area contributed by atoms with E-state index in [1.54, 1.807) is 12.4 Å². The summed E-state index contributed by atoms with van der Waals surface area (Å²) in [5.74, 6) is 0. The van der Waals surface area contributed by atoms with Crippen molar-refractivity contribution in [3.05, 3.63) is 41.8 Å². The van der Waals surface area contributed by atoms with Crippen LogP contribution in [0.4, 0.5) is 0 Å². The summed E-state index contributed by atoms with van der Waals surface area (Å²) in [7, 11) is 0. The molecule has 0 unspecified atom stereocenters. The van der Waals surface area contributed by atoms with E-state index in [0.717, 1.165) is 56.1 Å². The Bertz CT molecular complexity index is 796. The van der Waals surface area contributed by atoms with Gasteiger partial charge in [0, 0.05) is 18.7 Å². The Morgan fingerprint density at radius 2 is 2.14 bits per heavy atom. The number of ether oxygens (including phenoxy) is 2. The van der Waals surface area contributed by atoms with Crippen molar-refractivity contribution in [1.29, 1.82) is 0 Å². The van der Waals surface area contributed by atoms with Gasteiger partial charge in [0.2, 0.25) is 0 Å². The number of morpholine rings is 1. The molecule has 2 heterocycles. The molecule has 1 aliphatic carbocycles. The Labute approximate surface area is 172 Å². The van der Waals surface area contributed by atoms with Crippen LogP contribution in [0.2, 0.25) is 0 Å². The lowest BCUT2D eigenvalue weighted by Crippen LogP contribution is -2.36. The number of aromatic amines is 1. The number of rotatable bonds is 10. The minimum Gasteiger partial charge on any atom is -0.379 e. The van der Waals surface area contributed by atoms with Crippen LogP contribution in [0.25, 0.3) is 12.2 Å². The van der Waals surface area contributed by atoms with Gasteiger partial charge in [0.05, 0.1) is 43.5 Å². The number of hydrogen-bond donors (Lipinski definition) is 1. The first-order valence-corrected chi connectivity index (χ1v) is 10.2. The monoisotopic (exact) mass is 397 g/mol. The molecule has 1 aliphatic heterocycles. The van der Waals surface area contributed by atoms with Crippen LogP contribution in [0, 0.1) is 0 Å². The normalized spacial score (nSPS) is 20.3.